The third kappa shape index (κ3) is 4.71. The molecule has 2 amide bonds. The van der Waals surface area contributed by atoms with Crippen LogP contribution in [0.3, 0.4) is 0 Å². The van der Waals surface area contributed by atoms with Crippen molar-refractivity contribution in [2.75, 3.05) is 6.54 Å². The normalized spacial score (nSPS) is 16.4. The van der Waals surface area contributed by atoms with Crippen LogP contribution in [0.25, 0.3) is 0 Å². The standard InChI is InChI=1S/C16H23N3O2.ClH/c17-10-14(11-5-2-1-3-6-11)19-16(21)13-8-4-7-12(9-13)15(18)20;/h4,7-9,11,14H,1-3,5-6,10,17H2,(H2,18,20)(H,19,21);1H. The molecule has 22 heavy (non-hydrogen) atoms. The Morgan fingerprint density at radius 1 is 1.18 bits per heavy atom. The van der Waals surface area contributed by atoms with Crippen molar-refractivity contribution in [1.82, 2.24) is 5.32 Å². The van der Waals surface area contributed by atoms with Gasteiger partial charge in [0.15, 0.2) is 0 Å². The summed E-state index contributed by atoms with van der Waals surface area (Å²) in [5, 5.41) is 3.00. The Bertz CT molecular complexity index is 516. The van der Waals surface area contributed by atoms with Crippen LogP contribution < -0.4 is 16.8 Å². The molecule has 0 bridgehead atoms. The second kappa shape index (κ2) is 8.76. The molecular weight excluding hydrogens is 302 g/mol. The number of halogens is 1. The van der Waals surface area contributed by atoms with E-state index in [1.54, 1.807) is 18.2 Å². The number of rotatable bonds is 5. The molecule has 1 aliphatic rings. The van der Waals surface area contributed by atoms with Crippen molar-refractivity contribution >= 4 is 24.2 Å². The molecule has 5 N–H and O–H groups in total. The number of amides is 2. The highest BCUT2D eigenvalue weighted by Crippen LogP contribution is 2.26. The molecular formula is C16H24ClN3O2. The van der Waals surface area contributed by atoms with E-state index in [9.17, 15) is 9.59 Å². The van der Waals surface area contributed by atoms with Crippen LogP contribution in [-0.2, 0) is 0 Å². The fourth-order valence-corrected chi connectivity index (χ4v) is 2.97. The van der Waals surface area contributed by atoms with E-state index in [1.807, 2.05) is 0 Å². The zero-order valence-electron chi connectivity index (χ0n) is 12.6. The van der Waals surface area contributed by atoms with Gasteiger partial charge in [-0.1, -0.05) is 25.3 Å². The van der Waals surface area contributed by atoms with E-state index in [0.717, 1.165) is 12.8 Å². The molecule has 0 saturated heterocycles. The minimum atomic E-state index is -0.535. The maximum absolute atomic E-state index is 12.3. The van der Waals surface area contributed by atoms with E-state index in [0.29, 0.717) is 23.6 Å². The maximum atomic E-state index is 12.3. The smallest absolute Gasteiger partial charge is 0.251 e. The molecule has 2 rings (SSSR count). The van der Waals surface area contributed by atoms with Gasteiger partial charge in [0.05, 0.1) is 0 Å². The van der Waals surface area contributed by atoms with Crippen LogP contribution in [0.1, 0.15) is 52.8 Å². The van der Waals surface area contributed by atoms with E-state index in [4.69, 9.17) is 11.5 Å². The van der Waals surface area contributed by atoms with Gasteiger partial charge in [-0.3, -0.25) is 9.59 Å². The molecule has 1 aliphatic carbocycles. The van der Waals surface area contributed by atoms with E-state index in [1.165, 1.54) is 25.3 Å². The highest BCUT2D eigenvalue weighted by molar-refractivity contribution is 5.99. The fraction of sp³-hybridized carbons (Fsp3) is 0.500. The lowest BCUT2D eigenvalue weighted by atomic mass is 9.84. The number of hydrogen-bond donors (Lipinski definition) is 3. The number of carbonyl (C=O) groups is 2. The quantitative estimate of drug-likeness (QED) is 0.770. The van der Waals surface area contributed by atoms with Crippen molar-refractivity contribution in [3.63, 3.8) is 0 Å². The Morgan fingerprint density at radius 2 is 1.82 bits per heavy atom. The Morgan fingerprint density at radius 3 is 2.41 bits per heavy atom. The van der Waals surface area contributed by atoms with Crippen molar-refractivity contribution in [2.24, 2.45) is 17.4 Å². The number of nitrogens with one attached hydrogen (secondary N) is 1. The number of nitrogens with two attached hydrogens (primary N) is 2. The zero-order chi connectivity index (χ0) is 15.2. The molecule has 1 saturated carbocycles. The third-order valence-electron chi connectivity index (χ3n) is 4.20. The number of primary amides is 1. The number of benzene rings is 1. The van der Waals surface area contributed by atoms with Crippen molar-refractivity contribution in [3.05, 3.63) is 35.4 Å². The van der Waals surface area contributed by atoms with Crippen LogP contribution in [0.4, 0.5) is 0 Å². The molecule has 0 spiro atoms. The van der Waals surface area contributed by atoms with Gasteiger partial charge in [-0.05, 0) is 37.0 Å². The van der Waals surface area contributed by atoms with Crippen LogP contribution in [0.2, 0.25) is 0 Å². The predicted octanol–water partition coefficient (Wildman–Crippen LogP) is 1.84. The van der Waals surface area contributed by atoms with E-state index in [2.05, 4.69) is 5.32 Å². The first-order valence-corrected chi connectivity index (χ1v) is 7.52. The molecule has 1 aromatic carbocycles. The van der Waals surface area contributed by atoms with Gasteiger partial charge in [0.1, 0.15) is 0 Å². The van der Waals surface area contributed by atoms with Crippen LogP contribution >= 0.6 is 12.4 Å². The SMILES string of the molecule is Cl.NCC(NC(=O)c1cccc(C(N)=O)c1)C1CCCCC1. The first-order valence-electron chi connectivity index (χ1n) is 7.52. The van der Waals surface area contributed by atoms with Crippen LogP contribution in [0.15, 0.2) is 24.3 Å². The van der Waals surface area contributed by atoms with Crippen molar-refractivity contribution in [1.29, 1.82) is 0 Å². The van der Waals surface area contributed by atoms with Gasteiger partial charge in [0.25, 0.3) is 5.91 Å². The Balaban J connectivity index is 0.00000242. The Labute approximate surface area is 137 Å². The van der Waals surface area contributed by atoms with Gasteiger partial charge in [-0.2, -0.15) is 0 Å². The Kier molecular flexibility index (Phi) is 7.35. The Hall–Kier alpha value is -1.59. The van der Waals surface area contributed by atoms with Gasteiger partial charge in [0, 0.05) is 23.7 Å². The van der Waals surface area contributed by atoms with Gasteiger partial charge >= 0.3 is 0 Å². The lowest BCUT2D eigenvalue weighted by molar-refractivity contribution is 0.0915. The minimum absolute atomic E-state index is 0. The molecule has 1 aromatic rings. The van der Waals surface area contributed by atoms with Crippen LogP contribution in [-0.4, -0.2) is 24.4 Å². The molecule has 0 aliphatic heterocycles. The van der Waals surface area contributed by atoms with E-state index >= 15 is 0 Å². The van der Waals surface area contributed by atoms with Gasteiger partial charge < -0.3 is 16.8 Å². The number of hydrogen-bond acceptors (Lipinski definition) is 3. The summed E-state index contributed by atoms with van der Waals surface area (Å²) < 4.78 is 0. The average Bonchev–Trinajstić information content (AvgIpc) is 2.53. The molecule has 1 atom stereocenters. The lowest BCUT2D eigenvalue weighted by Gasteiger charge is -2.30. The molecule has 1 unspecified atom stereocenters. The lowest BCUT2D eigenvalue weighted by Crippen LogP contribution is -2.45. The highest BCUT2D eigenvalue weighted by Gasteiger charge is 2.24. The van der Waals surface area contributed by atoms with Crippen molar-refractivity contribution < 1.29 is 9.59 Å². The first-order chi connectivity index (χ1) is 10.1. The second-order valence-electron chi connectivity index (χ2n) is 5.66. The van der Waals surface area contributed by atoms with E-state index < -0.39 is 5.91 Å². The summed E-state index contributed by atoms with van der Waals surface area (Å²) in [7, 11) is 0. The molecule has 5 nitrogen and oxygen atoms in total. The summed E-state index contributed by atoms with van der Waals surface area (Å²) >= 11 is 0. The molecule has 122 valence electrons. The summed E-state index contributed by atoms with van der Waals surface area (Å²) in [5.41, 5.74) is 11.8. The molecule has 0 aromatic heterocycles. The van der Waals surface area contributed by atoms with E-state index in [-0.39, 0.29) is 24.4 Å². The van der Waals surface area contributed by atoms with Crippen molar-refractivity contribution in [3.8, 4) is 0 Å². The molecule has 1 fully saturated rings. The summed E-state index contributed by atoms with van der Waals surface area (Å²) in [5.74, 6) is -0.279. The average molecular weight is 326 g/mol. The van der Waals surface area contributed by atoms with Gasteiger partial charge in [-0.15, -0.1) is 12.4 Å². The second-order valence-corrected chi connectivity index (χ2v) is 5.66. The molecule has 0 radical (unpaired) electrons. The molecule has 0 heterocycles. The summed E-state index contributed by atoms with van der Waals surface area (Å²) in [6, 6.07) is 6.45. The summed E-state index contributed by atoms with van der Waals surface area (Å²) in [4.78, 5) is 23.5. The maximum Gasteiger partial charge on any atom is 0.251 e. The fourth-order valence-electron chi connectivity index (χ4n) is 2.97. The summed E-state index contributed by atoms with van der Waals surface area (Å²) in [6.07, 6.45) is 5.90. The monoisotopic (exact) mass is 325 g/mol. The van der Waals surface area contributed by atoms with Gasteiger partial charge in [-0.25, -0.2) is 0 Å². The topological polar surface area (TPSA) is 98.2 Å². The third-order valence-corrected chi connectivity index (χ3v) is 4.20. The zero-order valence-corrected chi connectivity index (χ0v) is 13.4. The minimum Gasteiger partial charge on any atom is -0.366 e. The number of carbonyl (C=O) groups excluding carboxylic acids is 2. The van der Waals surface area contributed by atoms with Gasteiger partial charge in [0.2, 0.25) is 5.91 Å². The highest BCUT2D eigenvalue weighted by atomic mass is 35.5. The van der Waals surface area contributed by atoms with Crippen LogP contribution in [0.5, 0.6) is 0 Å². The van der Waals surface area contributed by atoms with Crippen LogP contribution in [0, 0.1) is 5.92 Å². The predicted molar refractivity (Wildman–Crippen MR) is 89.1 cm³/mol. The summed E-state index contributed by atoms with van der Waals surface area (Å²) in [6.45, 7) is 0.436. The van der Waals surface area contributed by atoms with Crippen molar-refractivity contribution in [2.45, 2.75) is 38.1 Å². The largest absolute Gasteiger partial charge is 0.366 e. The molecule has 6 heteroatoms. The first kappa shape index (κ1) is 18.5.